The number of nitrogens with one attached hydrogen (secondary N) is 1. The lowest BCUT2D eigenvalue weighted by molar-refractivity contribution is 1.42. The molecule has 0 aliphatic rings. The van der Waals surface area contributed by atoms with Crippen LogP contribution in [0.15, 0.2) is 34.8 Å². The molecule has 0 aliphatic carbocycles. The van der Waals surface area contributed by atoms with Gasteiger partial charge in [0.05, 0.1) is 21.4 Å². The molecule has 94 valence electrons. The molecule has 0 unspecified atom stereocenters. The van der Waals surface area contributed by atoms with Gasteiger partial charge in [0.1, 0.15) is 0 Å². The van der Waals surface area contributed by atoms with Crippen LogP contribution in [0.5, 0.6) is 0 Å². The minimum absolute atomic E-state index is 0.451. The standard InChI is InChI=1S/C13H11BrCl2N2/c1-7-4-8(14)2-3-12(7)18-13-6-10(16)9(15)5-11(13)17/h2-6,18H,17H2,1H3. The summed E-state index contributed by atoms with van der Waals surface area (Å²) < 4.78 is 1.03. The Morgan fingerprint density at radius 2 is 1.72 bits per heavy atom. The van der Waals surface area contributed by atoms with Gasteiger partial charge < -0.3 is 11.1 Å². The number of rotatable bonds is 2. The Hall–Kier alpha value is -0.900. The van der Waals surface area contributed by atoms with Crippen LogP contribution in [0.3, 0.4) is 0 Å². The van der Waals surface area contributed by atoms with Crippen molar-refractivity contribution in [1.29, 1.82) is 0 Å². The van der Waals surface area contributed by atoms with Crippen molar-refractivity contribution in [2.24, 2.45) is 0 Å². The maximum atomic E-state index is 5.98. The average molecular weight is 346 g/mol. The molecule has 2 nitrogen and oxygen atoms in total. The van der Waals surface area contributed by atoms with E-state index in [0.29, 0.717) is 15.7 Å². The van der Waals surface area contributed by atoms with Crippen LogP contribution in [0, 0.1) is 6.92 Å². The number of halogens is 3. The lowest BCUT2D eigenvalue weighted by atomic mass is 10.2. The van der Waals surface area contributed by atoms with E-state index in [1.165, 1.54) is 0 Å². The molecule has 0 saturated heterocycles. The Balaban J connectivity index is 2.37. The number of benzene rings is 2. The Morgan fingerprint density at radius 1 is 1.06 bits per heavy atom. The summed E-state index contributed by atoms with van der Waals surface area (Å²) in [4.78, 5) is 0. The van der Waals surface area contributed by atoms with Crippen molar-refractivity contribution in [3.63, 3.8) is 0 Å². The molecule has 5 heteroatoms. The van der Waals surface area contributed by atoms with E-state index in [1.54, 1.807) is 12.1 Å². The molecular formula is C13H11BrCl2N2. The fraction of sp³-hybridized carbons (Fsp3) is 0.0769. The van der Waals surface area contributed by atoms with Gasteiger partial charge in [-0.15, -0.1) is 0 Å². The third-order valence-corrected chi connectivity index (χ3v) is 3.77. The Bertz CT molecular complexity index is 600. The van der Waals surface area contributed by atoms with Crippen molar-refractivity contribution in [3.8, 4) is 0 Å². The van der Waals surface area contributed by atoms with Gasteiger partial charge in [-0.2, -0.15) is 0 Å². The van der Waals surface area contributed by atoms with Crippen LogP contribution < -0.4 is 11.1 Å². The number of hydrogen-bond acceptors (Lipinski definition) is 2. The van der Waals surface area contributed by atoms with Gasteiger partial charge >= 0.3 is 0 Å². The molecule has 3 N–H and O–H groups in total. The summed E-state index contributed by atoms with van der Waals surface area (Å²) in [6.45, 7) is 2.01. The third kappa shape index (κ3) is 2.91. The monoisotopic (exact) mass is 344 g/mol. The summed E-state index contributed by atoms with van der Waals surface area (Å²) >= 11 is 15.3. The first-order valence-electron chi connectivity index (χ1n) is 5.25. The molecule has 0 radical (unpaired) electrons. The van der Waals surface area contributed by atoms with Crippen molar-refractivity contribution in [2.45, 2.75) is 6.92 Å². The summed E-state index contributed by atoms with van der Waals surface area (Å²) in [5.41, 5.74) is 9.29. The van der Waals surface area contributed by atoms with Crippen LogP contribution in [-0.4, -0.2) is 0 Å². The first-order chi connectivity index (χ1) is 8.47. The van der Waals surface area contributed by atoms with Crippen molar-refractivity contribution < 1.29 is 0 Å². The predicted octanol–water partition coefficient (Wildman–Crippen LogP) is 5.39. The normalized spacial score (nSPS) is 10.4. The zero-order chi connectivity index (χ0) is 13.3. The number of nitrogens with two attached hydrogens (primary N) is 1. The van der Waals surface area contributed by atoms with Crippen LogP contribution in [0.4, 0.5) is 17.1 Å². The molecule has 0 bridgehead atoms. The molecule has 2 rings (SSSR count). The molecular weight excluding hydrogens is 335 g/mol. The van der Waals surface area contributed by atoms with Crippen molar-refractivity contribution in [3.05, 3.63) is 50.4 Å². The van der Waals surface area contributed by atoms with E-state index in [2.05, 4.69) is 21.2 Å². The Kier molecular flexibility index (Phi) is 4.05. The number of hydrogen-bond donors (Lipinski definition) is 2. The van der Waals surface area contributed by atoms with E-state index in [0.717, 1.165) is 21.4 Å². The quantitative estimate of drug-likeness (QED) is 0.716. The number of nitrogen functional groups attached to an aromatic ring is 1. The van der Waals surface area contributed by atoms with Gasteiger partial charge in [-0.1, -0.05) is 39.1 Å². The molecule has 0 spiro atoms. The lowest BCUT2D eigenvalue weighted by Crippen LogP contribution is -1.98. The summed E-state index contributed by atoms with van der Waals surface area (Å²) in [7, 11) is 0. The molecule has 0 atom stereocenters. The second-order valence-electron chi connectivity index (χ2n) is 3.94. The fourth-order valence-corrected chi connectivity index (χ4v) is 2.39. The van der Waals surface area contributed by atoms with E-state index in [-0.39, 0.29) is 0 Å². The molecule has 18 heavy (non-hydrogen) atoms. The van der Waals surface area contributed by atoms with E-state index in [9.17, 15) is 0 Å². The molecule has 0 amide bonds. The van der Waals surface area contributed by atoms with Gasteiger partial charge in [-0.05, 0) is 42.8 Å². The fourth-order valence-electron chi connectivity index (χ4n) is 1.58. The maximum Gasteiger partial charge on any atom is 0.0634 e. The minimum atomic E-state index is 0.451. The molecule has 0 aromatic heterocycles. The minimum Gasteiger partial charge on any atom is -0.397 e. The highest BCUT2D eigenvalue weighted by atomic mass is 79.9. The van der Waals surface area contributed by atoms with Crippen LogP contribution in [0.25, 0.3) is 0 Å². The van der Waals surface area contributed by atoms with Gasteiger partial charge in [0, 0.05) is 10.2 Å². The smallest absolute Gasteiger partial charge is 0.0634 e. The van der Waals surface area contributed by atoms with Crippen molar-refractivity contribution in [1.82, 2.24) is 0 Å². The van der Waals surface area contributed by atoms with E-state index < -0.39 is 0 Å². The molecule has 0 heterocycles. The van der Waals surface area contributed by atoms with Crippen molar-refractivity contribution in [2.75, 3.05) is 11.1 Å². The van der Waals surface area contributed by atoms with E-state index >= 15 is 0 Å². The first kappa shape index (κ1) is 13.5. The zero-order valence-electron chi connectivity index (χ0n) is 9.60. The largest absolute Gasteiger partial charge is 0.397 e. The molecule has 0 aliphatic heterocycles. The number of aryl methyl sites for hydroxylation is 1. The lowest BCUT2D eigenvalue weighted by Gasteiger charge is -2.13. The Morgan fingerprint density at radius 3 is 2.39 bits per heavy atom. The third-order valence-electron chi connectivity index (χ3n) is 2.55. The average Bonchev–Trinajstić information content (AvgIpc) is 2.29. The Labute approximate surface area is 124 Å². The summed E-state index contributed by atoms with van der Waals surface area (Å²) in [5.74, 6) is 0. The highest BCUT2D eigenvalue weighted by Gasteiger charge is 2.06. The zero-order valence-corrected chi connectivity index (χ0v) is 12.7. The maximum absolute atomic E-state index is 5.98. The van der Waals surface area contributed by atoms with Crippen molar-refractivity contribution >= 4 is 56.2 Å². The predicted molar refractivity (Wildman–Crippen MR) is 83.0 cm³/mol. The summed E-state index contributed by atoms with van der Waals surface area (Å²) in [6.07, 6.45) is 0. The van der Waals surface area contributed by atoms with Crippen LogP contribution in [0.1, 0.15) is 5.56 Å². The van der Waals surface area contributed by atoms with Crippen LogP contribution in [-0.2, 0) is 0 Å². The second kappa shape index (κ2) is 5.39. The highest BCUT2D eigenvalue weighted by Crippen LogP contribution is 2.33. The summed E-state index contributed by atoms with van der Waals surface area (Å²) in [5, 5.41) is 4.17. The second-order valence-corrected chi connectivity index (χ2v) is 5.67. The molecule has 0 saturated carbocycles. The van der Waals surface area contributed by atoms with Gasteiger partial charge in [0.25, 0.3) is 0 Å². The first-order valence-corrected chi connectivity index (χ1v) is 6.80. The SMILES string of the molecule is Cc1cc(Br)ccc1Nc1cc(Cl)c(Cl)cc1N. The topological polar surface area (TPSA) is 38.0 Å². The molecule has 2 aromatic rings. The van der Waals surface area contributed by atoms with E-state index in [4.69, 9.17) is 28.9 Å². The van der Waals surface area contributed by atoms with Gasteiger partial charge in [0.15, 0.2) is 0 Å². The van der Waals surface area contributed by atoms with Crippen LogP contribution >= 0.6 is 39.1 Å². The number of anilines is 3. The van der Waals surface area contributed by atoms with Gasteiger partial charge in [0.2, 0.25) is 0 Å². The molecule has 0 fully saturated rings. The van der Waals surface area contributed by atoms with Crippen LogP contribution in [0.2, 0.25) is 10.0 Å². The molecule has 2 aromatic carbocycles. The van der Waals surface area contributed by atoms with Gasteiger partial charge in [-0.25, -0.2) is 0 Å². The van der Waals surface area contributed by atoms with E-state index in [1.807, 2.05) is 25.1 Å². The highest BCUT2D eigenvalue weighted by molar-refractivity contribution is 9.10. The summed E-state index contributed by atoms with van der Waals surface area (Å²) in [6, 6.07) is 9.32. The van der Waals surface area contributed by atoms with Gasteiger partial charge in [-0.3, -0.25) is 0 Å².